The van der Waals surface area contributed by atoms with E-state index in [1.165, 1.54) is 16.2 Å². The summed E-state index contributed by atoms with van der Waals surface area (Å²) in [4.78, 5) is 32.9. The van der Waals surface area contributed by atoms with Crippen molar-refractivity contribution in [3.8, 4) is 5.75 Å². The molecule has 7 nitrogen and oxygen atoms in total. The van der Waals surface area contributed by atoms with Gasteiger partial charge in [-0.15, -0.1) is 11.3 Å². The van der Waals surface area contributed by atoms with E-state index in [1.54, 1.807) is 38.6 Å². The number of carbonyl (C=O) groups excluding carboxylic acids is 1. The lowest BCUT2D eigenvalue weighted by Crippen LogP contribution is -2.54. The van der Waals surface area contributed by atoms with Crippen LogP contribution in [0.25, 0.3) is 0 Å². The maximum Gasteiger partial charge on any atom is 0.333 e. The molecule has 2 unspecified atom stereocenters. The predicted octanol–water partition coefficient (Wildman–Crippen LogP) is 5.09. The van der Waals surface area contributed by atoms with Crippen molar-refractivity contribution >= 4 is 23.2 Å². The van der Waals surface area contributed by atoms with Crippen molar-refractivity contribution in [2.75, 3.05) is 20.8 Å². The number of carboxylic acids is 1. The third-order valence-corrected chi connectivity index (χ3v) is 6.85. The zero-order valence-electron chi connectivity index (χ0n) is 20.9. The summed E-state index contributed by atoms with van der Waals surface area (Å²) in [6.07, 6.45) is 3.63. The van der Waals surface area contributed by atoms with E-state index in [1.807, 2.05) is 25.3 Å². The molecule has 1 aliphatic heterocycles. The molecule has 1 aromatic heterocycles. The van der Waals surface area contributed by atoms with Gasteiger partial charge in [-0.25, -0.2) is 9.78 Å². The van der Waals surface area contributed by atoms with Crippen LogP contribution in [0.5, 0.6) is 5.75 Å². The van der Waals surface area contributed by atoms with Crippen molar-refractivity contribution in [1.82, 2.24) is 9.88 Å². The lowest BCUT2D eigenvalue weighted by Gasteiger charge is -2.39. The quantitative estimate of drug-likeness (QED) is 0.523. The molecule has 2 heterocycles. The second kappa shape index (κ2) is 9.88. The first-order valence-electron chi connectivity index (χ1n) is 11.3. The number of benzene rings is 1. The van der Waals surface area contributed by atoms with Crippen LogP contribution in [0, 0.1) is 5.92 Å². The van der Waals surface area contributed by atoms with Crippen molar-refractivity contribution in [3.05, 3.63) is 57.6 Å². The van der Waals surface area contributed by atoms with E-state index in [4.69, 9.17) is 9.47 Å². The summed E-state index contributed by atoms with van der Waals surface area (Å²) >= 11 is 1.39. The monoisotopic (exact) mass is 486 g/mol. The second-order valence-corrected chi connectivity index (χ2v) is 11.0. The maximum atomic E-state index is 14.1. The number of hydrogen-bond donors (Lipinski definition) is 1. The van der Waals surface area contributed by atoms with E-state index in [2.05, 4.69) is 25.8 Å². The molecule has 34 heavy (non-hydrogen) atoms. The Bertz CT molecular complexity index is 1070. The zero-order chi connectivity index (χ0) is 25.3. The number of rotatable bonds is 8. The van der Waals surface area contributed by atoms with Crippen molar-refractivity contribution in [2.45, 2.75) is 58.0 Å². The maximum absolute atomic E-state index is 14.1. The Morgan fingerprint density at radius 2 is 1.97 bits per heavy atom. The number of thiazole rings is 1. The predicted molar refractivity (Wildman–Crippen MR) is 132 cm³/mol. The first kappa shape index (κ1) is 25.9. The average molecular weight is 487 g/mol. The molecule has 2 aromatic rings. The fraction of sp³-hybridized carbons (Fsp3) is 0.500. The first-order chi connectivity index (χ1) is 16.0. The summed E-state index contributed by atoms with van der Waals surface area (Å²) in [5, 5.41) is 13.0. The number of carbonyl (C=O) groups is 2. The topological polar surface area (TPSA) is 89.0 Å². The van der Waals surface area contributed by atoms with Gasteiger partial charge in [0, 0.05) is 24.3 Å². The molecule has 0 saturated carbocycles. The van der Waals surface area contributed by atoms with Crippen molar-refractivity contribution in [2.24, 2.45) is 5.92 Å². The van der Waals surface area contributed by atoms with Crippen LogP contribution < -0.4 is 4.74 Å². The molecule has 8 heteroatoms. The van der Waals surface area contributed by atoms with Crippen LogP contribution in [0.15, 0.2) is 41.4 Å². The van der Waals surface area contributed by atoms with E-state index >= 15 is 0 Å². The van der Waals surface area contributed by atoms with Crippen molar-refractivity contribution in [3.63, 3.8) is 0 Å². The Hall–Kier alpha value is -2.71. The largest absolute Gasteiger partial charge is 0.496 e. The lowest BCUT2D eigenvalue weighted by molar-refractivity contribution is -0.147. The van der Waals surface area contributed by atoms with Gasteiger partial charge in [-0.2, -0.15) is 0 Å². The summed E-state index contributed by atoms with van der Waals surface area (Å²) in [5.74, 6) is -0.831. The number of nitrogens with zero attached hydrogens (tertiary/aromatic N) is 2. The number of methoxy groups -OCH3 is 2. The molecule has 0 bridgehead atoms. The van der Waals surface area contributed by atoms with Gasteiger partial charge in [0.2, 0.25) is 0 Å². The van der Waals surface area contributed by atoms with Gasteiger partial charge in [0.1, 0.15) is 16.8 Å². The van der Waals surface area contributed by atoms with Gasteiger partial charge in [0.25, 0.3) is 5.91 Å². The molecule has 0 aliphatic carbocycles. The van der Waals surface area contributed by atoms with Crippen LogP contribution >= 0.6 is 11.3 Å². The number of carboxylic acid groups (broad SMARTS) is 1. The minimum absolute atomic E-state index is 0.0271. The Labute approximate surface area is 205 Å². The zero-order valence-corrected chi connectivity index (χ0v) is 21.7. The van der Waals surface area contributed by atoms with Gasteiger partial charge in [-0.05, 0) is 47.1 Å². The van der Waals surface area contributed by atoms with Crippen LogP contribution in [-0.2, 0) is 14.9 Å². The normalized spacial score (nSPS) is 20.5. The molecule has 1 aliphatic rings. The van der Waals surface area contributed by atoms with Crippen LogP contribution in [0.4, 0.5) is 0 Å². The van der Waals surface area contributed by atoms with Crippen LogP contribution in [0.1, 0.15) is 68.0 Å². The SMILES string of the molecule is COCC1=CC(CC(C)C)(C(=O)O)N(C(=O)c2ccc(C(C)(C)C)c(OC)c2)C1c1nccs1. The highest BCUT2D eigenvalue weighted by molar-refractivity contribution is 7.09. The number of aliphatic carboxylic acids is 1. The fourth-order valence-electron chi connectivity index (χ4n) is 4.69. The minimum atomic E-state index is -1.52. The molecule has 0 radical (unpaired) electrons. The standard InChI is InChI=1S/C26H34N2O5S/c1-16(2)13-26(24(30)31)14-18(15-32-6)21(22-27-10-11-34-22)28(26)23(29)17-8-9-19(25(3,4)5)20(12-17)33-7/h8-12,14,16,21H,13,15H2,1-7H3,(H,30,31). The molecule has 1 N–H and O–H groups in total. The summed E-state index contributed by atoms with van der Waals surface area (Å²) in [6.45, 7) is 10.3. The Morgan fingerprint density at radius 1 is 1.26 bits per heavy atom. The van der Waals surface area contributed by atoms with Crippen molar-refractivity contribution in [1.29, 1.82) is 0 Å². The highest BCUT2D eigenvalue weighted by Gasteiger charge is 2.55. The van der Waals surface area contributed by atoms with E-state index in [-0.39, 0.29) is 30.3 Å². The average Bonchev–Trinajstić information content (AvgIpc) is 3.38. The van der Waals surface area contributed by atoms with E-state index in [9.17, 15) is 14.7 Å². The minimum Gasteiger partial charge on any atom is -0.496 e. The molecule has 1 amide bonds. The number of hydrogen-bond acceptors (Lipinski definition) is 6. The smallest absolute Gasteiger partial charge is 0.333 e. The van der Waals surface area contributed by atoms with Crippen LogP contribution in [0.3, 0.4) is 0 Å². The molecule has 0 spiro atoms. The van der Waals surface area contributed by atoms with Crippen molar-refractivity contribution < 1.29 is 24.2 Å². The summed E-state index contributed by atoms with van der Waals surface area (Å²) < 4.78 is 11.0. The second-order valence-electron chi connectivity index (χ2n) is 10.1. The lowest BCUT2D eigenvalue weighted by atomic mass is 9.85. The number of aromatic nitrogens is 1. The molecular formula is C26H34N2O5S. The highest BCUT2D eigenvalue weighted by atomic mass is 32.1. The van der Waals surface area contributed by atoms with E-state index in [0.717, 1.165) is 5.56 Å². The van der Waals surface area contributed by atoms with Gasteiger partial charge in [-0.3, -0.25) is 4.79 Å². The molecule has 1 aromatic carbocycles. The van der Waals surface area contributed by atoms with Crippen LogP contribution in [-0.4, -0.2) is 53.2 Å². The highest BCUT2D eigenvalue weighted by Crippen LogP contribution is 2.47. The van der Waals surface area contributed by atoms with Gasteiger partial charge >= 0.3 is 5.97 Å². The third-order valence-electron chi connectivity index (χ3n) is 6.02. The van der Waals surface area contributed by atoms with E-state index < -0.39 is 17.6 Å². The van der Waals surface area contributed by atoms with Gasteiger partial charge in [0.15, 0.2) is 5.54 Å². The first-order valence-corrected chi connectivity index (χ1v) is 12.2. The Morgan fingerprint density at radius 3 is 2.47 bits per heavy atom. The Kier molecular flexibility index (Phi) is 7.53. The molecule has 0 fully saturated rings. The molecular weight excluding hydrogens is 452 g/mol. The molecule has 2 atom stereocenters. The summed E-state index contributed by atoms with van der Waals surface area (Å²) in [6, 6.07) is 4.71. The van der Waals surface area contributed by atoms with E-state index in [0.29, 0.717) is 21.9 Å². The summed E-state index contributed by atoms with van der Waals surface area (Å²) in [5.41, 5.74) is 0.347. The van der Waals surface area contributed by atoms with Gasteiger partial charge in [-0.1, -0.05) is 40.7 Å². The Balaban J connectivity index is 2.21. The molecule has 184 valence electrons. The third kappa shape index (κ3) is 4.74. The molecule has 3 rings (SSSR count). The fourth-order valence-corrected chi connectivity index (χ4v) is 5.46. The molecule has 0 saturated heterocycles. The summed E-state index contributed by atoms with van der Waals surface area (Å²) in [7, 11) is 3.14. The number of ether oxygens (including phenoxy) is 2. The van der Waals surface area contributed by atoms with Gasteiger partial charge < -0.3 is 19.5 Å². The van der Waals surface area contributed by atoms with Crippen LogP contribution in [0.2, 0.25) is 0 Å². The van der Waals surface area contributed by atoms with Gasteiger partial charge in [0.05, 0.1) is 13.7 Å². The number of amides is 1.